The lowest BCUT2D eigenvalue weighted by Gasteiger charge is -2.19. The van der Waals surface area contributed by atoms with Gasteiger partial charge in [-0.15, -0.1) is 5.10 Å². The van der Waals surface area contributed by atoms with Gasteiger partial charge in [-0.2, -0.15) is 17.7 Å². The van der Waals surface area contributed by atoms with Crippen LogP contribution in [0.2, 0.25) is 0 Å². The number of benzene rings is 2. The van der Waals surface area contributed by atoms with Crippen molar-refractivity contribution in [2.45, 2.75) is 19.6 Å². The molecule has 0 bridgehead atoms. The van der Waals surface area contributed by atoms with E-state index in [1.807, 2.05) is 36.2 Å². The van der Waals surface area contributed by atoms with Crippen LogP contribution in [0.4, 0.5) is 19.1 Å². The van der Waals surface area contributed by atoms with Gasteiger partial charge >= 0.3 is 6.18 Å². The smallest absolute Gasteiger partial charge is 0.339 e. The first-order chi connectivity index (χ1) is 12.8. The number of fused-ring (bicyclic) bond motifs is 3. The van der Waals surface area contributed by atoms with E-state index in [2.05, 4.69) is 15.1 Å². The molecule has 8 heteroatoms. The van der Waals surface area contributed by atoms with Crippen LogP contribution < -0.4 is 4.90 Å². The van der Waals surface area contributed by atoms with Crippen molar-refractivity contribution >= 4 is 22.5 Å². The molecule has 0 unspecified atom stereocenters. The van der Waals surface area contributed by atoms with Crippen molar-refractivity contribution in [3.63, 3.8) is 0 Å². The second-order valence-electron chi connectivity index (χ2n) is 6.37. The molecule has 0 fully saturated rings. The number of alkyl halides is 3. The maximum Gasteiger partial charge on any atom is 0.416 e. The van der Waals surface area contributed by atoms with Crippen molar-refractivity contribution < 1.29 is 13.2 Å². The highest BCUT2D eigenvalue weighted by molar-refractivity contribution is 5.92. The van der Waals surface area contributed by atoms with Crippen molar-refractivity contribution in [2.75, 3.05) is 11.9 Å². The predicted molar refractivity (Wildman–Crippen MR) is 96.6 cm³/mol. The summed E-state index contributed by atoms with van der Waals surface area (Å²) in [5, 5.41) is 5.32. The fourth-order valence-electron chi connectivity index (χ4n) is 3.03. The van der Waals surface area contributed by atoms with E-state index in [-0.39, 0.29) is 0 Å². The van der Waals surface area contributed by atoms with Gasteiger partial charge in [-0.3, -0.25) is 0 Å². The van der Waals surface area contributed by atoms with Crippen LogP contribution in [-0.4, -0.2) is 26.6 Å². The molecule has 2 aromatic heterocycles. The Hall–Kier alpha value is -3.16. The zero-order valence-corrected chi connectivity index (χ0v) is 14.7. The first-order valence-electron chi connectivity index (χ1n) is 8.32. The van der Waals surface area contributed by atoms with Gasteiger partial charge < -0.3 is 4.90 Å². The molecule has 138 valence electrons. The highest BCUT2D eigenvalue weighted by Crippen LogP contribution is 2.29. The summed E-state index contributed by atoms with van der Waals surface area (Å²) in [7, 11) is 1.82. The van der Waals surface area contributed by atoms with Crippen molar-refractivity contribution in [1.82, 2.24) is 19.6 Å². The lowest BCUT2D eigenvalue weighted by molar-refractivity contribution is -0.137. The normalized spacial score (nSPS) is 12.0. The molecule has 0 aliphatic carbocycles. The highest BCUT2D eigenvalue weighted by atomic mass is 19.4. The Balaban J connectivity index is 1.72. The van der Waals surface area contributed by atoms with E-state index in [1.54, 1.807) is 11.4 Å². The predicted octanol–water partition coefficient (Wildman–Crippen LogP) is 4.24. The highest BCUT2D eigenvalue weighted by Gasteiger charge is 2.30. The van der Waals surface area contributed by atoms with Crippen LogP contribution in [0.5, 0.6) is 0 Å². The number of aromatic nitrogens is 4. The molecule has 0 radical (unpaired) electrons. The van der Waals surface area contributed by atoms with E-state index in [4.69, 9.17) is 0 Å². The van der Waals surface area contributed by atoms with Gasteiger partial charge in [0.1, 0.15) is 5.82 Å². The third kappa shape index (κ3) is 3.18. The Morgan fingerprint density at radius 3 is 2.41 bits per heavy atom. The van der Waals surface area contributed by atoms with Crippen molar-refractivity contribution in [3.05, 3.63) is 65.5 Å². The van der Waals surface area contributed by atoms with E-state index in [9.17, 15) is 13.2 Å². The van der Waals surface area contributed by atoms with Crippen molar-refractivity contribution in [1.29, 1.82) is 0 Å². The zero-order chi connectivity index (χ0) is 19.2. The van der Waals surface area contributed by atoms with E-state index < -0.39 is 11.7 Å². The molecule has 0 saturated heterocycles. The maximum absolute atomic E-state index is 12.7. The van der Waals surface area contributed by atoms with Gasteiger partial charge in [-0.1, -0.05) is 24.3 Å². The summed E-state index contributed by atoms with van der Waals surface area (Å²) in [6.45, 7) is 2.19. The van der Waals surface area contributed by atoms with Crippen LogP contribution in [0.1, 0.15) is 17.0 Å². The van der Waals surface area contributed by atoms with Crippen LogP contribution in [0, 0.1) is 6.92 Å². The standard InChI is InChI=1S/C19H16F3N5/c1-12-23-17-15-5-3-4-6-16(15)24-18(27(17)25-12)26(2)11-13-7-9-14(10-8-13)19(20,21)22/h3-10H,11H2,1-2H3. The van der Waals surface area contributed by atoms with Crippen LogP contribution in [0.25, 0.3) is 16.6 Å². The summed E-state index contributed by atoms with van der Waals surface area (Å²) in [5.74, 6) is 1.20. The van der Waals surface area contributed by atoms with Crippen LogP contribution >= 0.6 is 0 Å². The molecule has 27 heavy (non-hydrogen) atoms. The monoisotopic (exact) mass is 371 g/mol. The number of rotatable bonds is 3. The van der Waals surface area contributed by atoms with Gasteiger partial charge in [0.25, 0.3) is 0 Å². The zero-order valence-electron chi connectivity index (χ0n) is 14.7. The fourth-order valence-corrected chi connectivity index (χ4v) is 3.03. The molecule has 5 nitrogen and oxygen atoms in total. The number of nitrogens with zero attached hydrogens (tertiary/aromatic N) is 5. The summed E-state index contributed by atoms with van der Waals surface area (Å²) in [6, 6.07) is 12.8. The topological polar surface area (TPSA) is 46.3 Å². The molecule has 0 aliphatic rings. The van der Waals surface area contributed by atoms with Gasteiger partial charge in [-0.25, -0.2) is 9.97 Å². The van der Waals surface area contributed by atoms with E-state index in [0.717, 1.165) is 28.6 Å². The average Bonchev–Trinajstić information content (AvgIpc) is 3.02. The Labute approximate surface area is 153 Å². The minimum absolute atomic E-state index is 0.386. The Bertz CT molecular complexity index is 1120. The maximum atomic E-state index is 12.7. The Morgan fingerprint density at radius 2 is 1.70 bits per heavy atom. The van der Waals surface area contributed by atoms with Crippen molar-refractivity contribution in [2.24, 2.45) is 0 Å². The number of halogens is 3. The summed E-state index contributed by atoms with van der Waals surface area (Å²) in [4.78, 5) is 11.0. The molecule has 0 amide bonds. The number of hydrogen-bond donors (Lipinski definition) is 0. The number of hydrogen-bond acceptors (Lipinski definition) is 4. The minimum atomic E-state index is -4.34. The SMILES string of the molecule is Cc1nc2c3ccccc3nc(N(C)Cc3ccc(C(F)(F)F)cc3)n2n1. The molecular formula is C19H16F3N5. The molecule has 2 aromatic carbocycles. The summed E-state index contributed by atoms with van der Waals surface area (Å²) >= 11 is 0. The molecule has 0 aliphatic heterocycles. The lowest BCUT2D eigenvalue weighted by Crippen LogP contribution is -2.21. The second kappa shape index (κ2) is 6.22. The molecule has 0 spiro atoms. The third-order valence-corrected chi connectivity index (χ3v) is 4.31. The van der Waals surface area contributed by atoms with Gasteiger partial charge in [0.2, 0.25) is 5.95 Å². The van der Waals surface area contributed by atoms with Gasteiger partial charge in [0, 0.05) is 19.0 Å². The van der Waals surface area contributed by atoms with Crippen LogP contribution in [0.3, 0.4) is 0 Å². The molecule has 4 rings (SSSR count). The molecule has 4 aromatic rings. The molecular weight excluding hydrogens is 355 g/mol. The number of aryl methyl sites for hydroxylation is 1. The average molecular weight is 371 g/mol. The van der Waals surface area contributed by atoms with E-state index in [1.165, 1.54) is 12.1 Å². The van der Waals surface area contributed by atoms with Gasteiger partial charge in [0.05, 0.1) is 11.1 Å². The van der Waals surface area contributed by atoms with Gasteiger partial charge in [0.15, 0.2) is 5.65 Å². The summed E-state index contributed by atoms with van der Waals surface area (Å²) in [5.41, 5.74) is 1.57. The molecule has 0 N–H and O–H groups in total. The minimum Gasteiger partial charge on any atom is -0.339 e. The van der Waals surface area contributed by atoms with Gasteiger partial charge in [-0.05, 0) is 36.8 Å². The quantitative estimate of drug-likeness (QED) is 0.540. The largest absolute Gasteiger partial charge is 0.416 e. The number of para-hydroxylation sites is 1. The lowest BCUT2D eigenvalue weighted by atomic mass is 10.1. The van der Waals surface area contributed by atoms with Crippen LogP contribution in [-0.2, 0) is 12.7 Å². The Kier molecular flexibility index (Phi) is 3.98. The molecule has 2 heterocycles. The summed E-state index contributed by atoms with van der Waals surface area (Å²) < 4.78 is 39.9. The fraction of sp³-hybridized carbons (Fsp3) is 0.211. The second-order valence-corrected chi connectivity index (χ2v) is 6.37. The molecule has 0 atom stereocenters. The van der Waals surface area contributed by atoms with E-state index in [0.29, 0.717) is 24.0 Å². The first-order valence-corrected chi connectivity index (χ1v) is 8.32. The van der Waals surface area contributed by atoms with Crippen molar-refractivity contribution in [3.8, 4) is 0 Å². The third-order valence-electron chi connectivity index (χ3n) is 4.31. The Morgan fingerprint density at radius 1 is 1.00 bits per heavy atom. The molecule has 0 saturated carbocycles. The number of anilines is 1. The van der Waals surface area contributed by atoms with Crippen LogP contribution in [0.15, 0.2) is 48.5 Å². The summed E-state index contributed by atoms with van der Waals surface area (Å²) in [6.07, 6.45) is -4.34. The first kappa shape index (κ1) is 17.3. The van der Waals surface area contributed by atoms with E-state index >= 15 is 0 Å².